The van der Waals surface area contributed by atoms with Crippen LogP contribution in [0.2, 0.25) is 10.0 Å². The number of carbonyl (C=O) groups excluding carboxylic acids is 3. The molecule has 0 atom stereocenters. The Labute approximate surface area is 220 Å². The van der Waals surface area contributed by atoms with Gasteiger partial charge in [0.2, 0.25) is 0 Å². The Morgan fingerprint density at radius 1 is 0.971 bits per heavy atom. The van der Waals surface area contributed by atoms with Gasteiger partial charge in [-0.25, -0.2) is 9.69 Å². The van der Waals surface area contributed by atoms with Gasteiger partial charge in [-0.2, -0.15) is 0 Å². The molecule has 0 unspecified atom stereocenters. The first-order valence-corrected chi connectivity index (χ1v) is 12.0. The van der Waals surface area contributed by atoms with Crippen LogP contribution in [0.3, 0.4) is 0 Å². The van der Waals surface area contributed by atoms with Crippen LogP contribution in [0.4, 0.5) is 10.5 Å². The Balaban J connectivity index is 1.63. The van der Waals surface area contributed by atoms with Crippen molar-refractivity contribution >= 4 is 68.7 Å². The minimum absolute atomic E-state index is 0.198. The predicted molar refractivity (Wildman–Crippen MR) is 140 cm³/mol. The fourth-order valence-corrected chi connectivity index (χ4v) is 4.88. The number of amides is 4. The largest absolute Gasteiger partial charge is 0.486 e. The number of nitrogens with one attached hydrogen (secondary N) is 1. The lowest BCUT2D eigenvalue weighted by Crippen LogP contribution is -2.54. The van der Waals surface area contributed by atoms with Gasteiger partial charge in [-0.3, -0.25) is 14.9 Å². The number of urea groups is 1. The molecule has 1 fully saturated rings. The van der Waals surface area contributed by atoms with Crippen molar-refractivity contribution in [1.29, 1.82) is 0 Å². The van der Waals surface area contributed by atoms with Gasteiger partial charge < -0.3 is 4.74 Å². The van der Waals surface area contributed by atoms with Crippen molar-refractivity contribution in [2.75, 3.05) is 4.90 Å². The van der Waals surface area contributed by atoms with Crippen molar-refractivity contribution in [2.45, 2.75) is 20.5 Å². The zero-order valence-corrected chi connectivity index (χ0v) is 21.8. The second-order valence-corrected chi connectivity index (χ2v) is 9.67. The van der Waals surface area contributed by atoms with Crippen LogP contribution in [-0.4, -0.2) is 17.8 Å². The third-order valence-electron chi connectivity index (χ3n) is 5.23. The highest BCUT2D eigenvalue weighted by atomic mass is 79.9. The summed E-state index contributed by atoms with van der Waals surface area (Å²) >= 11 is 16.1. The van der Waals surface area contributed by atoms with Crippen molar-refractivity contribution in [1.82, 2.24) is 5.32 Å². The molecule has 0 radical (unpaired) electrons. The molecule has 0 bridgehead atoms. The standard InChI is InChI=1S/C26H19BrCl2N2O4/c1-14-7-15(2)9-18(8-14)31-25(33)19(24(32)30-26(31)34)10-16-11-20(27)23(22(29)12-16)35-13-17-5-3-4-6-21(17)28/h3-12H,13H2,1-2H3,(H,30,32,34)/b19-10+. The van der Waals surface area contributed by atoms with Crippen molar-refractivity contribution in [2.24, 2.45) is 0 Å². The van der Waals surface area contributed by atoms with E-state index in [1.165, 1.54) is 6.08 Å². The number of rotatable bonds is 5. The average molecular weight is 574 g/mol. The van der Waals surface area contributed by atoms with Crippen LogP contribution in [0.5, 0.6) is 5.75 Å². The molecule has 3 aromatic rings. The van der Waals surface area contributed by atoms with E-state index in [4.69, 9.17) is 27.9 Å². The van der Waals surface area contributed by atoms with Crippen molar-refractivity contribution < 1.29 is 19.1 Å². The first-order chi connectivity index (χ1) is 16.6. The van der Waals surface area contributed by atoms with Gasteiger partial charge in [0.05, 0.1) is 15.2 Å². The highest BCUT2D eigenvalue weighted by Gasteiger charge is 2.37. The Hall–Kier alpha value is -3.13. The first kappa shape index (κ1) is 25.0. The maximum atomic E-state index is 13.2. The van der Waals surface area contributed by atoms with Crippen LogP contribution in [0, 0.1) is 13.8 Å². The summed E-state index contributed by atoms with van der Waals surface area (Å²) in [6.07, 6.45) is 1.38. The molecular weight excluding hydrogens is 555 g/mol. The molecule has 1 N–H and O–H groups in total. The lowest BCUT2D eigenvalue weighted by molar-refractivity contribution is -0.122. The summed E-state index contributed by atoms with van der Waals surface area (Å²) in [5, 5.41) is 3.07. The summed E-state index contributed by atoms with van der Waals surface area (Å²) in [5.74, 6) is -1.12. The van der Waals surface area contributed by atoms with E-state index < -0.39 is 17.8 Å². The normalized spacial score (nSPS) is 14.9. The number of ether oxygens (including phenoxy) is 1. The van der Waals surface area contributed by atoms with Crippen LogP contribution < -0.4 is 15.0 Å². The maximum absolute atomic E-state index is 13.2. The summed E-state index contributed by atoms with van der Waals surface area (Å²) < 4.78 is 6.37. The zero-order chi connectivity index (χ0) is 25.3. The van der Waals surface area contributed by atoms with E-state index in [0.29, 0.717) is 26.5 Å². The number of hydrogen-bond donors (Lipinski definition) is 1. The molecule has 1 heterocycles. The quantitative estimate of drug-likeness (QED) is 0.275. The van der Waals surface area contributed by atoms with Gasteiger partial charge in [0.1, 0.15) is 12.2 Å². The highest BCUT2D eigenvalue weighted by Crippen LogP contribution is 2.36. The topological polar surface area (TPSA) is 75.7 Å². The summed E-state index contributed by atoms with van der Waals surface area (Å²) in [7, 11) is 0. The van der Waals surface area contributed by atoms with E-state index in [2.05, 4.69) is 21.2 Å². The Morgan fingerprint density at radius 2 is 1.66 bits per heavy atom. The summed E-state index contributed by atoms with van der Waals surface area (Å²) in [4.78, 5) is 39.2. The summed E-state index contributed by atoms with van der Waals surface area (Å²) in [6.45, 7) is 3.92. The molecule has 0 saturated carbocycles. The fourth-order valence-electron chi connectivity index (χ4n) is 3.70. The predicted octanol–water partition coefficient (Wildman–Crippen LogP) is 6.62. The maximum Gasteiger partial charge on any atom is 0.335 e. The third kappa shape index (κ3) is 5.42. The minimum atomic E-state index is -0.801. The second kappa shape index (κ2) is 10.2. The molecule has 3 aromatic carbocycles. The number of imide groups is 2. The molecule has 35 heavy (non-hydrogen) atoms. The molecule has 1 aliphatic heterocycles. The van der Waals surface area contributed by atoms with Gasteiger partial charge >= 0.3 is 6.03 Å². The van der Waals surface area contributed by atoms with Crippen LogP contribution in [0.15, 0.2) is 64.6 Å². The number of benzene rings is 3. The molecule has 178 valence electrons. The van der Waals surface area contributed by atoms with E-state index in [1.807, 2.05) is 38.1 Å². The molecule has 4 amide bonds. The number of aryl methyl sites for hydroxylation is 2. The number of barbiturate groups is 1. The molecular formula is C26H19BrCl2N2O4. The Kier molecular flexibility index (Phi) is 7.31. The van der Waals surface area contributed by atoms with Crippen LogP contribution >= 0.6 is 39.1 Å². The van der Waals surface area contributed by atoms with E-state index in [-0.39, 0.29) is 17.2 Å². The van der Waals surface area contributed by atoms with E-state index in [0.717, 1.165) is 21.6 Å². The van der Waals surface area contributed by atoms with Crippen molar-refractivity contribution in [3.63, 3.8) is 0 Å². The lowest BCUT2D eigenvalue weighted by atomic mass is 10.1. The number of anilines is 1. The van der Waals surface area contributed by atoms with Gasteiger partial charge in [0.15, 0.2) is 5.75 Å². The van der Waals surface area contributed by atoms with E-state index in [1.54, 1.807) is 30.3 Å². The monoisotopic (exact) mass is 572 g/mol. The van der Waals surface area contributed by atoms with Crippen molar-refractivity contribution in [3.8, 4) is 5.75 Å². The number of nitrogens with zero attached hydrogens (tertiary/aromatic N) is 1. The van der Waals surface area contributed by atoms with Gasteiger partial charge in [-0.05, 0) is 82.9 Å². The fraction of sp³-hybridized carbons (Fsp3) is 0.115. The van der Waals surface area contributed by atoms with Crippen molar-refractivity contribution in [3.05, 3.63) is 96.9 Å². The average Bonchev–Trinajstić information content (AvgIpc) is 2.76. The molecule has 0 aliphatic carbocycles. The summed E-state index contributed by atoms with van der Waals surface area (Å²) in [6, 6.07) is 15.1. The van der Waals surface area contributed by atoms with Gasteiger partial charge in [0.25, 0.3) is 11.8 Å². The highest BCUT2D eigenvalue weighted by molar-refractivity contribution is 9.10. The molecule has 0 spiro atoms. The smallest absolute Gasteiger partial charge is 0.335 e. The minimum Gasteiger partial charge on any atom is -0.486 e. The first-order valence-electron chi connectivity index (χ1n) is 10.5. The van der Waals surface area contributed by atoms with Gasteiger partial charge in [-0.1, -0.05) is 47.5 Å². The Morgan fingerprint density at radius 3 is 2.31 bits per heavy atom. The molecule has 6 nitrogen and oxygen atoms in total. The van der Waals surface area contributed by atoms with Crippen LogP contribution in [0.1, 0.15) is 22.3 Å². The second-order valence-electron chi connectivity index (χ2n) is 8.00. The number of hydrogen-bond acceptors (Lipinski definition) is 4. The van der Waals surface area contributed by atoms with E-state index >= 15 is 0 Å². The zero-order valence-electron chi connectivity index (χ0n) is 18.7. The molecule has 4 rings (SSSR count). The van der Waals surface area contributed by atoms with Gasteiger partial charge in [-0.15, -0.1) is 0 Å². The molecule has 0 aromatic heterocycles. The third-order valence-corrected chi connectivity index (χ3v) is 6.47. The van der Waals surface area contributed by atoms with Crippen LogP contribution in [0.25, 0.3) is 6.08 Å². The van der Waals surface area contributed by atoms with Gasteiger partial charge in [0, 0.05) is 10.6 Å². The van der Waals surface area contributed by atoms with E-state index in [9.17, 15) is 14.4 Å². The Bertz CT molecular complexity index is 1360. The summed E-state index contributed by atoms with van der Waals surface area (Å²) in [5.41, 5.74) is 3.21. The molecule has 1 saturated heterocycles. The molecule has 9 heteroatoms. The SMILES string of the molecule is Cc1cc(C)cc(N2C(=O)NC(=O)/C(=C\c3cc(Cl)c(OCc4ccccc4Cl)c(Br)c3)C2=O)c1. The lowest BCUT2D eigenvalue weighted by Gasteiger charge is -2.27. The van der Waals surface area contributed by atoms with Crippen LogP contribution in [-0.2, 0) is 16.2 Å². The number of halogens is 3. The number of carbonyl (C=O) groups is 3. The molecule has 1 aliphatic rings.